The van der Waals surface area contributed by atoms with Crippen LogP contribution in [0.3, 0.4) is 0 Å². The number of fused-ring (bicyclic) bond motifs is 2. The van der Waals surface area contributed by atoms with Crippen LogP contribution in [0, 0.1) is 5.92 Å². The lowest BCUT2D eigenvalue weighted by atomic mass is 9.82. The Labute approximate surface area is 195 Å². The zero-order valence-electron chi connectivity index (χ0n) is 19.3. The largest absolute Gasteiger partial charge is 0.366 e. The van der Waals surface area contributed by atoms with E-state index in [0.717, 1.165) is 47.9 Å². The first-order chi connectivity index (χ1) is 16.2. The molecule has 1 atom stereocenters. The highest BCUT2D eigenvalue weighted by atomic mass is 16.5. The maximum Gasteiger partial charge on any atom is 0.121 e. The predicted molar refractivity (Wildman–Crippen MR) is 131 cm³/mol. The Balaban J connectivity index is 1.23. The second-order valence-electron chi connectivity index (χ2n) is 9.96. The van der Waals surface area contributed by atoms with Crippen LogP contribution in [0.25, 0.3) is 28.5 Å². The number of ether oxygens (including phenoxy) is 1. The number of nitrogens with zero attached hydrogens (tertiary/aromatic N) is 3. The van der Waals surface area contributed by atoms with Crippen LogP contribution < -0.4 is 11.1 Å². The molecule has 2 aliphatic carbocycles. The topological polar surface area (TPSA) is 84.1 Å². The standard InChI is InChI=1S/C26H34N6O/c1-31-12-13-32-24(25(31)27)23(22-14-19-4-2-3-5-21(19)29-22)30-26(32)18-8-6-17(7-9-18)15-33-16-28-20-10-11-20/h2-5,12-14,17-18,20,25,28-29H,6-11,15-16,27H2,1H3. The predicted octanol–water partition coefficient (Wildman–Crippen LogP) is 4.36. The number of hydrogen-bond donors (Lipinski definition) is 3. The van der Waals surface area contributed by atoms with Crippen LogP contribution in [-0.2, 0) is 4.74 Å². The van der Waals surface area contributed by atoms with Gasteiger partial charge < -0.3 is 24.9 Å². The summed E-state index contributed by atoms with van der Waals surface area (Å²) in [5.74, 6) is 2.24. The average molecular weight is 447 g/mol. The maximum absolute atomic E-state index is 6.66. The van der Waals surface area contributed by atoms with E-state index in [0.29, 0.717) is 24.6 Å². The zero-order valence-corrected chi connectivity index (χ0v) is 19.3. The van der Waals surface area contributed by atoms with Gasteiger partial charge in [0.1, 0.15) is 17.7 Å². The van der Waals surface area contributed by atoms with Gasteiger partial charge in [0.15, 0.2) is 0 Å². The molecule has 2 aromatic heterocycles. The van der Waals surface area contributed by atoms with Crippen LogP contribution in [-0.4, -0.2) is 45.9 Å². The molecule has 1 aliphatic heterocycles. The van der Waals surface area contributed by atoms with Crippen molar-refractivity contribution in [2.75, 3.05) is 20.4 Å². The maximum atomic E-state index is 6.66. The van der Waals surface area contributed by atoms with E-state index in [2.05, 4.69) is 62.5 Å². The molecule has 7 nitrogen and oxygen atoms in total. The first-order valence-electron chi connectivity index (χ1n) is 12.3. The summed E-state index contributed by atoms with van der Waals surface area (Å²) in [5, 5.41) is 4.63. The van der Waals surface area contributed by atoms with Crippen molar-refractivity contribution in [1.82, 2.24) is 24.8 Å². The summed E-state index contributed by atoms with van der Waals surface area (Å²) in [6.07, 6.45) is 11.2. The molecule has 2 saturated carbocycles. The molecular weight excluding hydrogens is 412 g/mol. The molecule has 4 N–H and O–H groups in total. The van der Waals surface area contributed by atoms with Crippen LogP contribution in [0.15, 0.2) is 36.5 Å². The number of benzene rings is 1. The first-order valence-corrected chi connectivity index (χ1v) is 12.3. The van der Waals surface area contributed by atoms with Crippen molar-refractivity contribution >= 4 is 17.1 Å². The van der Waals surface area contributed by atoms with Gasteiger partial charge >= 0.3 is 0 Å². The molecule has 1 aromatic carbocycles. The molecule has 0 amide bonds. The molecule has 3 heterocycles. The van der Waals surface area contributed by atoms with Gasteiger partial charge in [-0.05, 0) is 56.6 Å². The molecule has 3 aliphatic rings. The summed E-state index contributed by atoms with van der Waals surface area (Å²) < 4.78 is 8.16. The third kappa shape index (κ3) is 4.09. The summed E-state index contributed by atoms with van der Waals surface area (Å²) in [4.78, 5) is 10.8. The van der Waals surface area contributed by atoms with Gasteiger partial charge in [0, 0.05) is 42.3 Å². The van der Waals surface area contributed by atoms with Crippen LogP contribution in [0.1, 0.15) is 62.1 Å². The van der Waals surface area contributed by atoms with Gasteiger partial charge in [-0.2, -0.15) is 0 Å². The van der Waals surface area contributed by atoms with Crippen molar-refractivity contribution in [2.24, 2.45) is 11.7 Å². The lowest BCUT2D eigenvalue weighted by Gasteiger charge is -2.31. The fourth-order valence-corrected chi connectivity index (χ4v) is 5.32. The van der Waals surface area contributed by atoms with Gasteiger partial charge in [-0.15, -0.1) is 0 Å². The summed E-state index contributed by atoms with van der Waals surface area (Å²) in [5.41, 5.74) is 10.9. The van der Waals surface area contributed by atoms with E-state index in [1.807, 2.05) is 7.05 Å². The summed E-state index contributed by atoms with van der Waals surface area (Å²) >= 11 is 0. The molecule has 0 spiro atoms. The van der Waals surface area contributed by atoms with Crippen molar-refractivity contribution < 1.29 is 4.74 Å². The average Bonchev–Trinajstić information content (AvgIpc) is 3.43. The molecule has 6 rings (SSSR count). The van der Waals surface area contributed by atoms with E-state index in [9.17, 15) is 0 Å². The number of para-hydroxylation sites is 1. The number of aromatic nitrogens is 3. The fourth-order valence-electron chi connectivity index (χ4n) is 5.32. The van der Waals surface area contributed by atoms with E-state index in [1.54, 1.807) is 0 Å². The first kappa shape index (κ1) is 21.0. The SMILES string of the molecule is CN1C=Cn2c(C3CCC(COCNC4CC4)CC3)nc(-c3cc4ccccc4[nH]3)c2C1N. The Morgan fingerprint density at radius 1 is 1.12 bits per heavy atom. The smallest absolute Gasteiger partial charge is 0.121 e. The minimum Gasteiger partial charge on any atom is -0.366 e. The van der Waals surface area contributed by atoms with E-state index >= 15 is 0 Å². The van der Waals surface area contributed by atoms with Gasteiger partial charge in [0.05, 0.1) is 24.7 Å². The highest BCUT2D eigenvalue weighted by molar-refractivity contribution is 5.85. The van der Waals surface area contributed by atoms with Gasteiger partial charge in [-0.3, -0.25) is 5.32 Å². The summed E-state index contributed by atoms with van der Waals surface area (Å²) in [6, 6.07) is 11.3. The number of hydrogen-bond acceptors (Lipinski definition) is 5. The lowest BCUT2D eigenvalue weighted by molar-refractivity contribution is 0.0691. The van der Waals surface area contributed by atoms with E-state index in [-0.39, 0.29) is 6.17 Å². The lowest BCUT2D eigenvalue weighted by Crippen LogP contribution is -2.32. The molecule has 0 saturated heterocycles. The number of nitrogens with one attached hydrogen (secondary N) is 2. The molecule has 0 radical (unpaired) electrons. The van der Waals surface area contributed by atoms with Crippen molar-refractivity contribution in [2.45, 2.75) is 56.7 Å². The van der Waals surface area contributed by atoms with Gasteiger partial charge in [0.2, 0.25) is 0 Å². The minimum absolute atomic E-state index is 0.221. The Morgan fingerprint density at radius 3 is 2.73 bits per heavy atom. The third-order valence-corrected chi connectivity index (χ3v) is 7.55. The van der Waals surface area contributed by atoms with E-state index < -0.39 is 0 Å². The normalized spacial score (nSPS) is 25.0. The van der Waals surface area contributed by atoms with E-state index in [4.69, 9.17) is 15.5 Å². The van der Waals surface area contributed by atoms with Gasteiger partial charge in [-0.1, -0.05) is 18.2 Å². The molecule has 33 heavy (non-hydrogen) atoms. The van der Waals surface area contributed by atoms with Crippen LogP contribution in [0.5, 0.6) is 0 Å². The van der Waals surface area contributed by atoms with Crippen LogP contribution >= 0.6 is 0 Å². The van der Waals surface area contributed by atoms with Crippen molar-refractivity contribution in [1.29, 1.82) is 0 Å². The zero-order chi connectivity index (χ0) is 22.4. The summed E-state index contributed by atoms with van der Waals surface area (Å²) in [6.45, 7) is 1.56. The Bertz CT molecular complexity index is 1120. The number of rotatable bonds is 7. The number of imidazole rings is 1. The second kappa shape index (κ2) is 8.63. The number of aromatic amines is 1. The Morgan fingerprint density at radius 2 is 1.94 bits per heavy atom. The van der Waals surface area contributed by atoms with Crippen molar-refractivity contribution in [3.05, 3.63) is 48.1 Å². The number of nitrogens with two attached hydrogens (primary N) is 1. The molecule has 174 valence electrons. The Hall–Kier alpha value is -2.61. The third-order valence-electron chi connectivity index (χ3n) is 7.55. The van der Waals surface area contributed by atoms with Gasteiger partial charge in [0.25, 0.3) is 0 Å². The van der Waals surface area contributed by atoms with Crippen molar-refractivity contribution in [3.63, 3.8) is 0 Å². The fraction of sp³-hybridized carbons (Fsp3) is 0.500. The van der Waals surface area contributed by atoms with Gasteiger partial charge in [-0.25, -0.2) is 4.98 Å². The monoisotopic (exact) mass is 446 g/mol. The molecule has 1 unspecified atom stereocenters. The molecule has 3 aromatic rings. The molecule has 0 bridgehead atoms. The summed E-state index contributed by atoms with van der Waals surface area (Å²) in [7, 11) is 2.02. The molecular formula is C26H34N6O. The van der Waals surface area contributed by atoms with Crippen molar-refractivity contribution in [3.8, 4) is 11.4 Å². The number of H-pyrrole nitrogens is 1. The molecule has 2 fully saturated rings. The van der Waals surface area contributed by atoms with Crippen LogP contribution in [0.4, 0.5) is 0 Å². The quantitative estimate of drug-likeness (QED) is 0.371. The Kier molecular flexibility index (Phi) is 5.48. The van der Waals surface area contributed by atoms with Crippen LogP contribution in [0.2, 0.25) is 0 Å². The van der Waals surface area contributed by atoms with E-state index in [1.165, 1.54) is 31.1 Å². The molecule has 7 heteroatoms. The minimum atomic E-state index is -0.221. The highest BCUT2D eigenvalue weighted by Crippen LogP contribution is 2.40. The highest BCUT2D eigenvalue weighted by Gasteiger charge is 2.32. The second-order valence-corrected chi connectivity index (χ2v) is 9.96.